The minimum Gasteiger partial charge on any atom is -0.479 e. The predicted molar refractivity (Wildman–Crippen MR) is 44.6 cm³/mol. The highest BCUT2D eigenvalue weighted by molar-refractivity contribution is 5.72. The van der Waals surface area contributed by atoms with E-state index in [9.17, 15) is 15.0 Å². The summed E-state index contributed by atoms with van der Waals surface area (Å²) >= 11 is 0. The maximum absolute atomic E-state index is 10.6. The zero-order valence-electron chi connectivity index (χ0n) is 7.79. The molecule has 4 atom stereocenters. The van der Waals surface area contributed by atoms with Crippen LogP contribution in [-0.2, 0) is 14.3 Å². The van der Waals surface area contributed by atoms with Gasteiger partial charge in [0.2, 0.25) is 0 Å². The average Bonchev–Trinajstić information content (AvgIpc) is 2.12. The smallest absolute Gasteiger partial charge is 0.333 e. The van der Waals surface area contributed by atoms with E-state index >= 15 is 0 Å². The molecular formula is C8H14O6. The van der Waals surface area contributed by atoms with Gasteiger partial charge in [-0.3, -0.25) is 0 Å². The van der Waals surface area contributed by atoms with Crippen LogP contribution in [0.2, 0.25) is 0 Å². The van der Waals surface area contributed by atoms with Crippen molar-refractivity contribution >= 4 is 5.97 Å². The van der Waals surface area contributed by atoms with Crippen LogP contribution >= 0.6 is 0 Å². The monoisotopic (exact) mass is 206 g/mol. The molecule has 6 nitrogen and oxygen atoms in total. The summed E-state index contributed by atoms with van der Waals surface area (Å²) in [5.74, 6) is -1.17. The van der Waals surface area contributed by atoms with Crippen LogP contribution in [0, 0.1) is 0 Å². The fraction of sp³-hybridized carbons (Fsp3) is 0.875. The van der Waals surface area contributed by atoms with Crippen LogP contribution in [-0.4, -0.2) is 52.5 Å². The predicted octanol–water partition coefficient (Wildman–Crippen LogP) is -1.06. The summed E-state index contributed by atoms with van der Waals surface area (Å²) in [6.45, 7) is 1.97. The van der Waals surface area contributed by atoms with Gasteiger partial charge in [-0.1, -0.05) is 0 Å². The highest BCUT2D eigenvalue weighted by atomic mass is 16.7. The second-order valence-electron chi connectivity index (χ2n) is 3.08. The van der Waals surface area contributed by atoms with E-state index in [4.69, 9.17) is 14.6 Å². The fourth-order valence-electron chi connectivity index (χ4n) is 1.30. The normalized spacial score (nSPS) is 38.2. The van der Waals surface area contributed by atoms with Crippen molar-refractivity contribution in [3.05, 3.63) is 0 Å². The first-order valence-electron chi connectivity index (χ1n) is 4.42. The number of ether oxygens (including phenoxy) is 2. The molecule has 0 aromatic carbocycles. The van der Waals surface area contributed by atoms with Crippen LogP contribution < -0.4 is 0 Å². The molecule has 1 aliphatic rings. The Bertz CT molecular complexity index is 206. The van der Waals surface area contributed by atoms with E-state index in [0.717, 1.165) is 0 Å². The molecule has 3 N–H and O–H groups in total. The van der Waals surface area contributed by atoms with Gasteiger partial charge in [0.05, 0.1) is 6.10 Å². The van der Waals surface area contributed by atoms with Crippen LogP contribution in [0.15, 0.2) is 0 Å². The van der Waals surface area contributed by atoms with Crippen molar-refractivity contribution in [2.75, 3.05) is 6.61 Å². The van der Waals surface area contributed by atoms with Crippen molar-refractivity contribution in [1.82, 2.24) is 0 Å². The van der Waals surface area contributed by atoms with Gasteiger partial charge in [-0.15, -0.1) is 0 Å². The summed E-state index contributed by atoms with van der Waals surface area (Å²) in [4.78, 5) is 10.6. The fourth-order valence-corrected chi connectivity index (χ4v) is 1.30. The Hall–Kier alpha value is -0.690. The third-order valence-electron chi connectivity index (χ3n) is 2.03. The summed E-state index contributed by atoms with van der Waals surface area (Å²) in [7, 11) is 0. The number of aliphatic hydroxyl groups is 2. The minimum atomic E-state index is -1.19. The standard InChI is InChI=1S/C8H14O6/c1-2-13-8-6(10)4(9)3-5(14-8)7(11)12/h4-6,8-10H,2-3H2,1H3,(H,11,12)/t4-,5-,6+,8+/m0/s1. The Balaban J connectivity index is 2.61. The van der Waals surface area contributed by atoms with Gasteiger partial charge in [-0.25, -0.2) is 4.79 Å². The average molecular weight is 206 g/mol. The molecular weight excluding hydrogens is 192 g/mol. The molecule has 6 heteroatoms. The number of rotatable bonds is 3. The molecule has 0 bridgehead atoms. The summed E-state index contributed by atoms with van der Waals surface area (Å²) in [5.41, 5.74) is 0. The van der Waals surface area contributed by atoms with Crippen molar-refractivity contribution in [3.63, 3.8) is 0 Å². The van der Waals surface area contributed by atoms with Gasteiger partial charge in [-0.2, -0.15) is 0 Å². The molecule has 1 saturated heterocycles. The minimum absolute atomic E-state index is 0.125. The maximum Gasteiger partial charge on any atom is 0.333 e. The Labute approximate surface area is 81.1 Å². The molecule has 0 radical (unpaired) electrons. The van der Waals surface area contributed by atoms with Crippen molar-refractivity contribution in [3.8, 4) is 0 Å². The van der Waals surface area contributed by atoms with Gasteiger partial charge in [0.1, 0.15) is 6.10 Å². The first-order valence-corrected chi connectivity index (χ1v) is 4.42. The Morgan fingerprint density at radius 3 is 2.71 bits per heavy atom. The molecule has 1 fully saturated rings. The van der Waals surface area contributed by atoms with E-state index in [2.05, 4.69) is 0 Å². The highest BCUT2D eigenvalue weighted by Gasteiger charge is 2.40. The molecule has 0 aromatic rings. The van der Waals surface area contributed by atoms with Crippen molar-refractivity contribution < 1.29 is 29.6 Å². The van der Waals surface area contributed by atoms with E-state index < -0.39 is 30.6 Å². The number of hydrogen-bond acceptors (Lipinski definition) is 5. The SMILES string of the molecule is CCO[C@@H]1O[C@H](C(=O)O)C[C@H](O)[C@H]1O. The first-order chi connectivity index (χ1) is 6.56. The number of carbonyl (C=O) groups is 1. The Morgan fingerprint density at radius 1 is 1.57 bits per heavy atom. The number of aliphatic carboxylic acids is 1. The van der Waals surface area contributed by atoms with Gasteiger partial charge < -0.3 is 24.8 Å². The van der Waals surface area contributed by atoms with Crippen LogP contribution in [0.4, 0.5) is 0 Å². The van der Waals surface area contributed by atoms with E-state index in [0.29, 0.717) is 0 Å². The van der Waals surface area contributed by atoms with Crippen molar-refractivity contribution in [2.45, 2.75) is 37.9 Å². The molecule has 0 saturated carbocycles. The number of hydrogen-bond donors (Lipinski definition) is 3. The number of carboxylic acids is 1. The first kappa shape index (κ1) is 11.4. The van der Waals surface area contributed by atoms with E-state index in [1.165, 1.54) is 0 Å². The quantitative estimate of drug-likeness (QED) is 0.545. The molecule has 1 rings (SSSR count). The van der Waals surface area contributed by atoms with Gasteiger partial charge in [-0.05, 0) is 6.92 Å². The molecule has 14 heavy (non-hydrogen) atoms. The summed E-state index contributed by atoms with van der Waals surface area (Å²) in [5, 5.41) is 27.4. The molecule has 1 aliphatic heterocycles. The topological polar surface area (TPSA) is 96.2 Å². The van der Waals surface area contributed by atoms with Gasteiger partial charge in [0.25, 0.3) is 0 Å². The maximum atomic E-state index is 10.6. The molecule has 1 heterocycles. The lowest BCUT2D eigenvalue weighted by Gasteiger charge is -2.34. The van der Waals surface area contributed by atoms with Crippen molar-refractivity contribution in [2.24, 2.45) is 0 Å². The largest absolute Gasteiger partial charge is 0.479 e. The van der Waals surface area contributed by atoms with Gasteiger partial charge >= 0.3 is 5.97 Å². The van der Waals surface area contributed by atoms with E-state index in [1.54, 1.807) is 6.92 Å². The number of carboxylic acid groups (broad SMARTS) is 1. The lowest BCUT2D eigenvalue weighted by molar-refractivity contribution is -0.264. The lowest BCUT2D eigenvalue weighted by atomic mass is 10.0. The molecule has 0 aromatic heterocycles. The van der Waals surface area contributed by atoms with Crippen LogP contribution in [0.25, 0.3) is 0 Å². The molecule has 0 unspecified atom stereocenters. The summed E-state index contributed by atoms with van der Waals surface area (Å²) in [6, 6.07) is 0. The van der Waals surface area contributed by atoms with Crippen molar-refractivity contribution in [1.29, 1.82) is 0 Å². The molecule has 0 amide bonds. The lowest BCUT2D eigenvalue weighted by Crippen LogP contribution is -2.51. The van der Waals surface area contributed by atoms with E-state index in [-0.39, 0.29) is 13.0 Å². The Kier molecular flexibility index (Phi) is 3.82. The van der Waals surface area contributed by atoms with E-state index in [1.807, 2.05) is 0 Å². The molecule has 0 spiro atoms. The van der Waals surface area contributed by atoms with Crippen LogP contribution in [0.3, 0.4) is 0 Å². The summed E-state index contributed by atoms with van der Waals surface area (Å²) in [6.07, 6.45) is -4.62. The third-order valence-corrected chi connectivity index (χ3v) is 2.03. The number of aliphatic hydroxyl groups excluding tert-OH is 2. The Morgan fingerprint density at radius 2 is 2.21 bits per heavy atom. The second-order valence-corrected chi connectivity index (χ2v) is 3.08. The van der Waals surface area contributed by atoms with Gasteiger partial charge in [0, 0.05) is 13.0 Å². The third kappa shape index (κ3) is 2.42. The molecule has 0 aliphatic carbocycles. The van der Waals surface area contributed by atoms with Gasteiger partial charge in [0.15, 0.2) is 12.4 Å². The zero-order valence-corrected chi connectivity index (χ0v) is 7.79. The zero-order chi connectivity index (χ0) is 10.7. The second kappa shape index (κ2) is 4.70. The van der Waals surface area contributed by atoms with Crippen LogP contribution in [0.5, 0.6) is 0 Å². The molecule has 82 valence electrons. The highest BCUT2D eigenvalue weighted by Crippen LogP contribution is 2.21. The summed E-state index contributed by atoms with van der Waals surface area (Å²) < 4.78 is 9.89. The van der Waals surface area contributed by atoms with Crippen LogP contribution in [0.1, 0.15) is 13.3 Å².